The minimum Gasteiger partial charge on any atom is -0.505 e. The fourth-order valence-electron chi connectivity index (χ4n) is 2.75. The number of rotatable bonds is 3. The smallest absolute Gasteiger partial charge is 0.501 e. The van der Waals surface area contributed by atoms with E-state index in [0.717, 1.165) is 6.42 Å². The third-order valence-electron chi connectivity index (χ3n) is 4.23. The molecule has 1 aliphatic heterocycles. The van der Waals surface area contributed by atoms with E-state index in [4.69, 9.17) is 8.37 Å². The molecule has 0 radical (unpaired) electrons. The summed E-state index contributed by atoms with van der Waals surface area (Å²) in [4.78, 5) is 1.18. The summed E-state index contributed by atoms with van der Waals surface area (Å²) in [6.07, 6.45) is 0.744. The van der Waals surface area contributed by atoms with Gasteiger partial charge in [0.2, 0.25) is 5.75 Å². The minimum absolute atomic E-state index is 0.0180. The summed E-state index contributed by atoms with van der Waals surface area (Å²) in [7, 11) is -4.21. The van der Waals surface area contributed by atoms with Crippen molar-refractivity contribution >= 4 is 21.4 Å². The molecule has 0 saturated carbocycles. The van der Waals surface area contributed by atoms with Crippen LogP contribution in [0, 0.1) is 0 Å². The molecule has 1 atom stereocenters. The third kappa shape index (κ3) is 2.47. The second-order valence-electron chi connectivity index (χ2n) is 5.85. The summed E-state index contributed by atoms with van der Waals surface area (Å²) in [5.41, 5.74) is 1.79. The topological polar surface area (TPSA) is 104 Å². The zero-order valence-corrected chi connectivity index (χ0v) is 14.3. The van der Waals surface area contributed by atoms with Crippen LogP contribution in [0.1, 0.15) is 31.7 Å². The molecule has 1 aromatic heterocycles. The standard InChI is InChI=1S/C16H15N3O5S/c1-3-9(2)10-8-13-16(24-25(21,22)23-13)14(15(10)20)19-17-11-6-4-5-7-12(11)18-19/h4-9,20H,3H2,1-2H3. The Morgan fingerprint density at radius 2 is 1.84 bits per heavy atom. The van der Waals surface area contributed by atoms with E-state index in [1.807, 2.05) is 26.0 Å². The predicted molar refractivity (Wildman–Crippen MR) is 89.4 cm³/mol. The van der Waals surface area contributed by atoms with Gasteiger partial charge in [0.15, 0.2) is 17.2 Å². The molecule has 0 saturated heterocycles. The van der Waals surface area contributed by atoms with Crippen molar-refractivity contribution in [3.8, 4) is 22.9 Å². The highest BCUT2D eigenvalue weighted by Crippen LogP contribution is 2.48. The van der Waals surface area contributed by atoms with E-state index in [0.29, 0.717) is 16.6 Å². The Hall–Kier alpha value is -2.81. The molecule has 0 fully saturated rings. The number of benzene rings is 2. The SMILES string of the molecule is CCC(C)c1cc2c(c(-n3nc4ccccc4n3)c1O)OS(=O)(=O)O2. The zero-order chi connectivity index (χ0) is 17.8. The Labute approximate surface area is 143 Å². The summed E-state index contributed by atoms with van der Waals surface area (Å²) < 4.78 is 33.3. The molecule has 2 aromatic carbocycles. The van der Waals surface area contributed by atoms with Crippen LogP contribution in [-0.2, 0) is 10.4 Å². The molecular weight excluding hydrogens is 346 g/mol. The van der Waals surface area contributed by atoms with Gasteiger partial charge in [-0.3, -0.25) is 0 Å². The molecule has 3 aromatic rings. The number of aromatic nitrogens is 3. The zero-order valence-electron chi connectivity index (χ0n) is 13.5. The molecule has 1 aliphatic rings. The first-order chi connectivity index (χ1) is 11.9. The van der Waals surface area contributed by atoms with Crippen molar-refractivity contribution < 1.29 is 21.9 Å². The molecule has 0 aliphatic carbocycles. The lowest BCUT2D eigenvalue weighted by Crippen LogP contribution is -2.09. The molecular formula is C16H15N3O5S. The number of nitrogens with zero attached hydrogens (tertiary/aromatic N) is 3. The van der Waals surface area contributed by atoms with Crippen molar-refractivity contribution in [2.75, 3.05) is 0 Å². The first-order valence-electron chi connectivity index (χ1n) is 7.76. The highest BCUT2D eigenvalue weighted by Gasteiger charge is 2.36. The first kappa shape index (κ1) is 15.7. The summed E-state index contributed by atoms with van der Waals surface area (Å²) in [5.74, 6) is -0.260. The maximum absolute atomic E-state index is 11.7. The quantitative estimate of drug-likeness (QED) is 0.765. The Morgan fingerprint density at radius 3 is 2.44 bits per heavy atom. The van der Waals surface area contributed by atoms with E-state index >= 15 is 0 Å². The van der Waals surface area contributed by atoms with E-state index in [2.05, 4.69) is 10.2 Å². The number of aromatic hydroxyl groups is 1. The average Bonchev–Trinajstić information content (AvgIpc) is 3.12. The van der Waals surface area contributed by atoms with E-state index in [9.17, 15) is 13.5 Å². The van der Waals surface area contributed by atoms with Crippen LogP contribution in [0.3, 0.4) is 0 Å². The lowest BCUT2D eigenvalue weighted by Gasteiger charge is -2.15. The lowest BCUT2D eigenvalue weighted by molar-refractivity contribution is 0.433. The molecule has 8 nitrogen and oxygen atoms in total. The summed E-state index contributed by atoms with van der Waals surface area (Å²) in [6.45, 7) is 3.88. The van der Waals surface area contributed by atoms with Crippen LogP contribution in [0.5, 0.6) is 17.2 Å². The van der Waals surface area contributed by atoms with E-state index in [1.165, 1.54) is 10.9 Å². The number of fused-ring (bicyclic) bond motifs is 2. The van der Waals surface area contributed by atoms with Gasteiger partial charge in [-0.25, -0.2) is 0 Å². The molecule has 1 unspecified atom stereocenters. The van der Waals surface area contributed by atoms with Gasteiger partial charge in [-0.2, -0.15) is 0 Å². The average molecular weight is 361 g/mol. The summed E-state index contributed by atoms with van der Waals surface area (Å²) in [5, 5.41) is 19.4. The molecule has 1 N–H and O–H groups in total. The van der Waals surface area contributed by atoms with Crippen LogP contribution in [0.2, 0.25) is 0 Å². The molecule has 0 bridgehead atoms. The van der Waals surface area contributed by atoms with Crippen LogP contribution < -0.4 is 8.37 Å². The summed E-state index contributed by atoms with van der Waals surface area (Å²) >= 11 is 0. The Balaban J connectivity index is 2.02. The number of hydrogen-bond donors (Lipinski definition) is 1. The van der Waals surface area contributed by atoms with Crippen molar-refractivity contribution in [3.63, 3.8) is 0 Å². The lowest BCUT2D eigenvalue weighted by atomic mass is 9.96. The van der Waals surface area contributed by atoms with Crippen LogP contribution in [-0.4, -0.2) is 28.5 Å². The molecule has 2 heterocycles. The van der Waals surface area contributed by atoms with Gasteiger partial charge in [-0.05, 0) is 30.5 Å². The second kappa shape index (κ2) is 5.35. The van der Waals surface area contributed by atoms with Crippen molar-refractivity contribution in [3.05, 3.63) is 35.9 Å². The highest BCUT2D eigenvalue weighted by molar-refractivity contribution is 7.82. The van der Waals surface area contributed by atoms with Crippen LogP contribution in [0.25, 0.3) is 16.7 Å². The normalized spacial score (nSPS) is 16.2. The summed E-state index contributed by atoms with van der Waals surface area (Å²) in [6, 6.07) is 8.64. The van der Waals surface area contributed by atoms with Gasteiger partial charge in [0.25, 0.3) is 0 Å². The van der Waals surface area contributed by atoms with Crippen LogP contribution >= 0.6 is 0 Å². The van der Waals surface area contributed by atoms with Gasteiger partial charge in [-0.15, -0.1) is 23.4 Å². The maximum atomic E-state index is 11.7. The van der Waals surface area contributed by atoms with Crippen LogP contribution in [0.15, 0.2) is 30.3 Å². The minimum atomic E-state index is -4.21. The van der Waals surface area contributed by atoms with E-state index in [-0.39, 0.29) is 28.9 Å². The molecule has 130 valence electrons. The van der Waals surface area contributed by atoms with Crippen molar-refractivity contribution in [1.82, 2.24) is 15.0 Å². The monoisotopic (exact) mass is 361 g/mol. The molecule has 0 amide bonds. The van der Waals surface area contributed by atoms with E-state index < -0.39 is 10.4 Å². The first-order valence-corrected chi connectivity index (χ1v) is 9.09. The Bertz CT molecular complexity index is 1060. The number of phenols is 1. The predicted octanol–water partition coefficient (Wildman–Crippen LogP) is 2.66. The van der Waals surface area contributed by atoms with Crippen molar-refractivity contribution in [2.24, 2.45) is 0 Å². The van der Waals surface area contributed by atoms with Gasteiger partial charge in [-0.1, -0.05) is 26.0 Å². The van der Waals surface area contributed by atoms with Crippen molar-refractivity contribution in [2.45, 2.75) is 26.2 Å². The molecule has 9 heteroatoms. The van der Waals surface area contributed by atoms with Crippen molar-refractivity contribution in [1.29, 1.82) is 0 Å². The fraction of sp³-hybridized carbons (Fsp3) is 0.250. The number of phenolic OH excluding ortho intramolecular Hbond substituents is 1. The van der Waals surface area contributed by atoms with Gasteiger partial charge in [0, 0.05) is 5.56 Å². The highest BCUT2D eigenvalue weighted by atomic mass is 32.3. The third-order valence-corrected chi connectivity index (χ3v) is 4.98. The molecule has 25 heavy (non-hydrogen) atoms. The Morgan fingerprint density at radius 1 is 1.20 bits per heavy atom. The Kier molecular flexibility index (Phi) is 3.36. The van der Waals surface area contributed by atoms with E-state index in [1.54, 1.807) is 12.1 Å². The van der Waals surface area contributed by atoms with Gasteiger partial charge in [0.1, 0.15) is 11.0 Å². The van der Waals surface area contributed by atoms with Gasteiger partial charge in [0.05, 0.1) is 0 Å². The van der Waals surface area contributed by atoms with Crippen LogP contribution in [0.4, 0.5) is 0 Å². The molecule has 0 spiro atoms. The maximum Gasteiger partial charge on any atom is 0.501 e. The largest absolute Gasteiger partial charge is 0.505 e. The fourth-order valence-corrected chi connectivity index (χ4v) is 3.49. The number of hydrogen-bond acceptors (Lipinski definition) is 7. The molecule has 4 rings (SSSR count). The van der Waals surface area contributed by atoms with Gasteiger partial charge < -0.3 is 13.5 Å². The van der Waals surface area contributed by atoms with Gasteiger partial charge >= 0.3 is 10.4 Å². The second-order valence-corrected chi connectivity index (χ2v) is 7.00.